The molecule has 0 fully saturated rings. The van der Waals surface area contributed by atoms with Crippen LogP contribution in [-0.4, -0.2) is 32.2 Å². The number of anilines is 1. The van der Waals surface area contributed by atoms with Gasteiger partial charge in [0, 0.05) is 38.0 Å². The van der Waals surface area contributed by atoms with Crippen molar-refractivity contribution in [3.63, 3.8) is 0 Å². The van der Waals surface area contributed by atoms with Crippen LogP contribution in [0.4, 0.5) is 5.69 Å². The van der Waals surface area contributed by atoms with Crippen molar-refractivity contribution in [3.05, 3.63) is 42.5 Å². The van der Waals surface area contributed by atoms with Crippen molar-refractivity contribution in [2.45, 2.75) is 0 Å². The van der Waals surface area contributed by atoms with E-state index < -0.39 is 0 Å². The van der Waals surface area contributed by atoms with Gasteiger partial charge in [-0.2, -0.15) is 0 Å². The summed E-state index contributed by atoms with van der Waals surface area (Å²) in [6, 6.07) is 13.7. The third-order valence-electron chi connectivity index (χ3n) is 3.38. The first kappa shape index (κ1) is 14.4. The van der Waals surface area contributed by atoms with Gasteiger partial charge < -0.3 is 19.8 Å². The van der Waals surface area contributed by atoms with Crippen LogP contribution in [0.1, 0.15) is 0 Å². The fourth-order valence-corrected chi connectivity index (χ4v) is 2.20. The molecule has 0 bridgehead atoms. The Labute approximate surface area is 129 Å². The van der Waals surface area contributed by atoms with E-state index in [0.29, 0.717) is 24.6 Å². The SMILES string of the molecule is CN(C)c1ccc(-c2nc3ccc(OCCN)cc3o2)cc1. The van der Waals surface area contributed by atoms with Crippen molar-refractivity contribution in [2.75, 3.05) is 32.1 Å². The predicted molar refractivity (Wildman–Crippen MR) is 88.3 cm³/mol. The van der Waals surface area contributed by atoms with Crippen LogP contribution in [0, 0.1) is 0 Å². The van der Waals surface area contributed by atoms with Crippen LogP contribution >= 0.6 is 0 Å². The molecule has 5 nitrogen and oxygen atoms in total. The molecular weight excluding hydrogens is 278 g/mol. The second-order valence-corrected chi connectivity index (χ2v) is 5.23. The summed E-state index contributed by atoms with van der Waals surface area (Å²) < 4.78 is 11.3. The molecule has 0 atom stereocenters. The largest absolute Gasteiger partial charge is 0.492 e. The normalized spacial score (nSPS) is 10.9. The number of nitrogens with two attached hydrogens (primary N) is 1. The van der Waals surface area contributed by atoms with Crippen molar-refractivity contribution in [1.82, 2.24) is 4.98 Å². The first-order valence-corrected chi connectivity index (χ1v) is 7.18. The number of nitrogens with zero attached hydrogens (tertiary/aromatic N) is 2. The van der Waals surface area contributed by atoms with Gasteiger partial charge in [-0.3, -0.25) is 0 Å². The van der Waals surface area contributed by atoms with E-state index in [4.69, 9.17) is 14.9 Å². The summed E-state index contributed by atoms with van der Waals surface area (Å²) in [4.78, 5) is 6.57. The highest BCUT2D eigenvalue weighted by Gasteiger charge is 2.09. The number of aromatic nitrogens is 1. The van der Waals surface area contributed by atoms with Crippen LogP contribution in [0.3, 0.4) is 0 Å². The lowest BCUT2D eigenvalue weighted by molar-refractivity contribution is 0.328. The van der Waals surface area contributed by atoms with Crippen LogP contribution in [0.15, 0.2) is 46.9 Å². The van der Waals surface area contributed by atoms with Gasteiger partial charge in [0.1, 0.15) is 17.9 Å². The molecule has 1 aromatic heterocycles. The van der Waals surface area contributed by atoms with Crippen LogP contribution in [0.25, 0.3) is 22.6 Å². The Morgan fingerprint density at radius 1 is 1.14 bits per heavy atom. The van der Waals surface area contributed by atoms with E-state index in [2.05, 4.69) is 9.88 Å². The lowest BCUT2D eigenvalue weighted by Crippen LogP contribution is -2.10. The first-order chi connectivity index (χ1) is 10.7. The molecule has 0 saturated heterocycles. The molecule has 5 heteroatoms. The molecule has 0 radical (unpaired) electrons. The molecule has 3 rings (SSSR count). The quantitative estimate of drug-likeness (QED) is 0.784. The second kappa shape index (κ2) is 6.07. The highest BCUT2D eigenvalue weighted by molar-refractivity contribution is 5.77. The number of fused-ring (bicyclic) bond motifs is 1. The van der Waals surface area contributed by atoms with Gasteiger partial charge >= 0.3 is 0 Å². The molecule has 2 N–H and O–H groups in total. The maximum absolute atomic E-state index is 5.84. The van der Waals surface area contributed by atoms with Gasteiger partial charge in [0.05, 0.1) is 0 Å². The smallest absolute Gasteiger partial charge is 0.227 e. The molecule has 0 spiro atoms. The number of hydrogen-bond acceptors (Lipinski definition) is 5. The molecule has 2 aromatic carbocycles. The number of ether oxygens (including phenoxy) is 1. The minimum atomic E-state index is 0.484. The van der Waals surface area contributed by atoms with E-state index in [1.807, 2.05) is 56.6 Å². The zero-order valence-electron chi connectivity index (χ0n) is 12.7. The van der Waals surface area contributed by atoms with Crippen LogP contribution in [0.5, 0.6) is 5.75 Å². The Morgan fingerprint density at radius 2 is 1.91 bits per heavy atom. The monoisotopic (exact) mass is 297 g/mol. The minimum Gasteiger partial charge on any atom is -0.492 e. The standard InChI is InChI=1S/C17H19N3O2/c1-20(2)13-5-3-12(4-6-13)17-19-15-8-7-14(21-10-9-18)11-16(15)22-17/h3-8,11H,9-10,18H2,1-2H3. The van der Waals surface area contributed by atoms with Gasteiger partial charge in [-0.25, -0.2) is 4.98 Å². The Kier molecular flexibility index (Phi) is 3.98. The second-order valence-electron chi connectivity index (χ2n) is 5.23. The van der Waals surface area contributed by atoms with Crippen molar-refractivity contribution in [2.24, 2.45) is 5.73 Å². The summed E-state index contributed by atoms with van der Waals surface area (Å²) in [5, 5.41) is 0. The van der Waals surface area contributed by atoms with Crippen LogP contribution < -0.4 is 15.4 Å². The topological polar surface area (TPSA) is 64.5 Å². The highest BCUT2D eigenvalue weighted by Crippen LogP contribution is 2.28. The molecule has 0 aliphatic rings. The summed E-state index contributed by atoms with van der Waals surface area (Å²) in [5.74, 6) is 1.35. The average molecular weight is 297 g/mol. The van der Waals surface area contributed by atoms with E-state index >= 15 is 0 Å². The van der Waals surface area contributed by atoms with Crippen LogP contribution in [0.2, 0.25) is 0 Å². The molecule has 0 aliphatic heterocycles. The lowest BCUT2D eigenvalue weighted by Gasteiger charge is -2.11. The summed E-state index contributed by atoms with van der Waals surface area (Å²) in [6.07, 6.45) is 0. The fourth-order valence-electron chi connectivity index (χ4n) is 2.20. The van der Waals surface area contributed by atoms with Gasteiger partial charge in [-0.05, 0) is 36.4 Å². The third kappa shape index (κ3) is 2.89. The Hall–Kier alpha value is -2.53. The van der Waals surface area contributed by atoms with E-state index in [-0.39, 0.29) is 0 Å². The number of benzene rings is 2. The minimum absolute atomic E-state index is 0.484. The molecule has 0 aliphatic carbocycles. The highest BCUT2D eigenvalue weighted by atomic mass is 16.5. The van der Waals surface area contributed by atoms with E-state index in [1.165, 1.54) is 0 Å². The maximum atomic E-state index is 5.84. The lowest BCUT2D eigenvalue weighted by atomic mass is 10.2. The zero-order valence-corrected chi connectivity index (χ0v) is 12.7. The summed E-state index contributed by atoms with van der Waals surface area (Å²) >= 11 is 0. The number of rotatable bonds is 5. The van der Waals surface area contributed by atoms with Crippen molar-refractivity contribution in [3.8, 4) is 17.2 Å². The van der Waals surface area contributed by atoms with Crippen molar-refractivity contribution >= 4 is 16.8 Å². The molecule has 1 heterocycles. The van der Waals surface area contributed by atoms with Gasteiger partial charge in [-0.15, -0.1) is 0 Å². The Morgan fingerprint density at radius 3 is 2.59 bits per heavy atom. The zero-order chi connectivity index (χ0) is 15.5. The molecular formula is C17H19N3O2. The van der Waals surface area contributed by atoms with Gasteiger partial charge in [0.2, 0.25) is 5.89 Å². The fraction of sp³-hybridized carbons (Fsp3) is 0.235. The third-order valence-corrected chi connectivity index (χ3v) is 3.38. The molecule has 0 unspecified atom stereocenters. The summed E-state index contributed by atoms with van der Waals surface area (Å²) in [6.45, 7) is 0.969. The average Bonchev–Trinajstić information content (AvgIpc) is 2.96. The number of oxazole rings is 1. The van der Waals surface area contributed by atoms with Crippen molar-refractivity contribution < 1.29 is 9.15 Å². The molecule has 0 amide bonds. The van der Waals surface area contributed by atoms with E-state index in [0.717, 1.165) is 22.5 Å². The van der Waals surface area contributed by atoms with Gasteiger partial charge in [0.15, 0.2) is 5.58 Å². The molecule has 114 valence electrons. The predicted octanol–water partition coefficient (Wildman–Crippen LogP) is 2.90. The first-order valence-electron chi connectivity index (χ1n) is 7.18. The molecule has 3 aromatic rings. The Bertz CT molecular complexity index is 763. The van der Waals surface area contributed by atoms with Gasteiger partial charge in [-0.1, -0.05) is 0 Å². The molecule has 22 heavy (non-hydrogen) atoms. The maximum Gasteiger partial charge on any atom is 0.227 e. The Balaban J connectivity index is 1.90. The summed E-state index contributed by atoms with van der Waals surface area (Å²) in [7, 11) is 4.02. The van der Waals surface area contributed by atoms with E-state index in [9.17, 15) is 0 Å². The number of hydrogen-bond donors (Lipinski definition) is 1. The van der Waals surface area contributed by atoms with Crippen molar-refractivity contribution in [1.29, 1.82) is 0 Å². The molecule has 0 saturated carbocycles. The summed E-state index contributed by atoms with van der Waals surface area (Å²) in [5.41, 5.74) is 9.05. The van der Waals surface area contributed by atoms with Gasteiger partial charge in [0.25, 0.3) is 0 Å². The van der Waals surface area contributed by atoms with E-state index in [1.54, 1.807) is 0 Å². The van der Waals surface area contributed by atoms with Crippen LogP contribution in [-0.2, 0) is 0 Å².